The van der Waals surface area contributed by atoms with Gasteiger partial charge in [0.1, 0.15) is 0 Å². The molecule has 0 aliphatic rings. The number of carbonyl (C=O) groups is 1. The van der Waals surface area contributed by atoms with E-state index in [1.807, 2.05) is 13.0 Å². The normalized spacial score (nSPS) is 13.7. The Hall–Kier alpha value is -1.47. The number of benzene rings is 1. The maximum absolute atomic E-state index is 10.9. The van der Waals surface area contributed by atoms with E-state index in [0.717, 1.165) is 5.56 Å². The molecule has 1 N–H and O–H groups in total. The van der Waals surface area contributed by atoms with Crippen molar-refractivity contribution in [3.8, 4) is 6.07 Å². The molecular formula is C13H15NO2S. The van der Waals surface area contributed by atoms with Gasteiger partial charge < -0.3 is 5.11 Å². The molecule has 0 heterocycles. The molecule has 0 aliphatic carbocycles. The molecule has 0 saturated carbocycles. The van der Waals surface area contributed by atoms with Crippen molar-refractivity contribution in [3.05, 3.63) is 35.4 Å². The summed E-state index contributed by atoms with van der Waals surface area (Å²) in [5.74, 6) is 0.00354. The maximum atomic E-state index is 10.9. The first-order chi connectivity index (χ1) is 8.10. The lowest BCUT2D eigenvalue weighted by atomic mass is 9.85. The second kappa shape index (κ2) is 6.31. The van der Waals surface area contributed by atoms with Crippen LogP contribution in [0.15, 0.2) is 24.3 Å². The van der Waals surface area contributed by atoms with Gasteiger partial charge in [0.2, 0.25) is 0 Å². The molecule has 90 valence electrons. The molecule has 0 aliphatic heterocycles. The average molecular weight is 249 g/mol. The molecule has 0 spiro atoms. The summed E-state index contributed by atoms with van der Waals surface area (Å²) in [5, 5.41) is 17.8. The Morgan fingerprint density at radius 1 is 1.59 bits per heavy atom. The Bertz CT molecular complexity index is 439. The number of nitriles is 1. The molecule has 0 saturated heterocycles. The first-order valence-corrected chi connectivity index (χ1v) is 6.04. The summed E-state index contributed by atoms with van der Waals surface area (Å²) in [7, 11) is 0. The van der Waals surface area contributed by atoms with Crippen molar-refractivity contribution < 1.29 is 9.90 Å². The minimum absolute atomic E-state index is 0.0387. The fraction of sp³-hybridized carbons (Fsp3) is 0.385. The summed E-state index contributed by atoms with van der Waals surface area (Å²) in [5.41, 5.74) is 1.16. The zero-order valence-electron chi connectivity index (χ0n) is 9.63. The molecule has 0 radical (unpaired) electrons. The Morgan fingerprint density at radius 2 is 2.29 bits per heavy atom. The maximum Gasteiger partial charge on any atom is 0.335 e. The number of hydrogen-bond acceptors (Lipinski definition) is 3. The number of thiol groups is 1. The Balaban J connectivity index is 3.06. The van der Waals surface area contributed by atoms with Crippen LogP contribution in [-0.2, 0) is 0 Å². The number of carboxylic acids is 1. The van der Waals surface area contributed by atoms with E-state index < -0.39 is 5.97 Å². The highest BCUT2D eigenvalue weighted by Crippen LogP contribution is 2.29. The zero-order valence-corrected chi connectivity index (χ0v) is 10.5. The van der Waals surface area contributed by atoms with Crippen LogP contribution >= 0.6 is 12.6 Å². The molecular weight excluding hydrogens is 234 g/mol. The lowest BCUT2D eigenvalue weighted by Crippen LogP contribution is -2.12. The summed E-state index contributed by atoms with van der Waals surface area (Å²) < 4.78 is 0. The van der Waals surface area contributed by atoms with E-state index in [2.05, 4.69) is 18.7 Å². The van der Waals surface area contributed by atoms with E-state index in [-0.39, 0.29) is 17.4 Å². The van der Waals surface area contributed by atoms with Gasteiger partial charge in [-0.3, -0.25) is 0 Å². The second-order valence-electron chi connectivity index (χ2n) is 4.06. The van der Waals surface area contributed by atoms with Crippen molar-refractivity contribution in [1.82, 2.24) is 0 Å². The molecule has 0 bridgehead atoms. The van der Waals surface area contributed by atoms with Crippen LogP contribution in [-0.4, -0.2) is 16.8 Å². The highest BCUT2D eigenvalue weighted by atomic mass is 32.1. The van der Waals surface area contributed by atoms with Gasteiger partial charge in [0.05, 0.1) is 11.6 Å². The third kappa shape index (κ3) is 3.50. The number of rotatable bonds is 5. The van der Waals surface area contributed by atoms with Crippen LogP contribution < -0.4 is 0 Å². The minimum atomic E-state index is -0.943. The molecule has 4 heteroatoms. The summed E-state index contributed by atoms with van der Waals surface area (Å²) >= 11 is 4.24. The van der Waals surface area contributed by atoms with Crippen LogP contribution in [0.5, 0.6) is 0 Å². The monoisotopic (exact) mass is 249 g/mol. The first kappa shape index (κ1) is 13.6. The Kier molecular flexibility index (Phi) is 5.05. The number of aromatic carboxylic acids is 1. The van der Waals surface area contributed by atoms with Gasteiger partial charge in [-0.25, -0.2) is 4.79 Å². The zero-order chi connectivity index (χ0) is 12.8. The smallest absolute Gasteiger partial charge is 0.335 e. The largest absolute Gasteiger partial charge is 0.478 e. The fourth-order valence-electron chi connectivity index (χ4n) is 1.78. The van der Waals surface area contributed by atoms with Crippen LogP contribution in [0.25, 0.3) is 0 Å². The van der Waals surface area contributed by atoms with E-state index in [0.29, 0.717) is 12.2 Å². The third-order valence-electron chi connectivity index (χ3n) is 2.85. The van der Waals surface area contributed by atoms with Crippen molar-refractivity contribution in [3.63, 3.8) is 0 Å². The molecule has 1 aromatic carbocycles. The van der Waals surface area contributed by atoms with Crippen LogP contribution in [0.4, 0.5) is 0 Å². The van der Waals surface area contributed by atoms with Gasteiger partial charge in [-0.05, 0) is 29.4 Å². The summed E-state index contributed by atoms with van der Waals surface area (Å²) in [6.45, 7) is 2.02. The van der Waals surface area contributed by atoms with Gasteiger partial charge in [-0.1, -0.05) is 19.1 Å². The van der Waals surface area contributed by atoms with Gasteiger partial charge in [-0.15, -0.1) is 0 Å². The van der Waals surface area contributed by atoms with Gasteiger partial charge >= 0.3 is 5.97 Å². The molecule has 17 heavy (non-hydrogen) atoms. The molecule has 0 fully saturated rings. The number of carboxylic acid groups (broad SMARTS) is 1. The lowest BCUT2D eigenvalue weighted by molar-refractivity contribution is 0.0696. The predicted octanol–water partition coefficient (Wildman–Crippen LogP) is 2.95. The van der Waals surface area contributed by atoms with Crippen molar-refractivity contribution in [1.29, 1.82) is 5.26 Å². The van der Waals surface area contributed by atoms with E-state index in [9.17, 15) is 4.79 Å². The number of hydrogen-bond donors (Lipinski definition) is 2. The first-order valence-electron chi connectivity index (χ1n) is 5.41. The standard InChI is InChI=1S/C13H15NO2S/c1-9(8-17)12(5-6-14)10-3-2-4-11(7-10)13(15)16/h2-4,7,9,12,17H,5,8H2,1H3,(H,15,16). The third-order valence-corrected chi connectivity index (χ3v) is 3.42. The SMILES string of the molecule is CC(CS)C(CC#N)c1cccc(C(=O)O)c1. The van der Waals surface area contributed by atoms with Crippen molar-refractivity contribution >= 4 is 18.6 Å². The Morgan fingerprint density at radius 3 is 2.82 bits per heavy atom. The minimum Gasteiger partial charge on any atom is -0.478 e. The van der Waals surface area contributed by atoms with E-state index >= 15 is 0 Å². The topological polar surface area (TPSA) is 61.1 Å². The van der Waals surface area contributed by atoms with Gasteiger partial charge in [-0.2, -0.15) is 17.9 Å². The van der Waals surface area contributed by atoms with Gasteiger partial charge in [0, 0.05) is 12.3 Å². The molecule has 3 nitrogen and oxygen atoms in total. The van der Waals surface area contributed by atoms with E-state index in [4.69, 9.17) is 10.4 Å². The van der Waals surface area contributed by atoms with Gasteiger partial charge in [0.15, 0.2) is 0 Å². The second-order valence-corrected chi connectivity index (χ2v) is 4.42. The van der Waals surface area contributed by atoms with Crippen LogP contribution in [0.3, 0.4) is 0 Å². The molecule has 2 atom stereocenters. The summed E-state index contributed by atoms with van der Waals surface area (Å²) in [6, 6.07) is 8.93. The molecule has 0 aromatic heterocycles. The quantitative estimate of drug-likeness (QED) is 0.789. The van der Waals surface area contributed by atoms with Crippen LogP contribution in [0.1, 0.15) is 35.2 Å². The molecule has 0 amide bonds. The highest BCUT2D eigenvalue weighted by molar-refractivity contribution is 7.80. The van der Waals surface area contributed by atoms with Gasteiger partial charge in [0.25, 0.3) is 0 Å². The predicted molar refractivity (Wildman–Crippen MR) is 69.4 cm³/mol. The number of nitrogens with zero attached hydrogens (tertiary/aromatic N) is 1. The fourth-order valence-corrected chi connectivity index (χ4v) is 2.03. The summed E-state index contributed by atoms with van der Waals surface area (Å²) in [6.07, 6.45) is 0.380. The average Bonchev–Trinajstić information content (AvgIpc) is 2.35. The highest BCUT2D eigenvalue weighted by Gasteiger charge is 2.19. The summed E-state index contributed by atoms with van der Waals surface area (Å²) in [4.78, 5) is 10.9. The lowest BCUT2D eigenvalue weighted by Gasteiger charge is -2.20. The molecule has 1 rings (SSSR count). The van der Waals surface area contributed by atoms with Crippen LogP contribution in [0.2, 0.25) is 0 Å². The van der Waals surface area contributed by atoms with E-state index in [1.54, 1.807) is 18.2 Å². The molecule has 2 unspecified atom stereocenters. The Labute approximate surface area is 106 Å². The van der Waals surface area contributed by atoms with Crippen molar-refractivity contribution in [2.24, 2.45) is 5.92 Å². The molecule has 1 aromatic rings. The van der Waals surface area contributed by atoms with Crippen molar-refractivity contribution in [2.75, 3.05) is 5.75 Å². The van der Waals surface area contributed by atoms with Crippen LogP contribution in [0, 0.1) is 17.2 Å². The van der Waals surface area contributed by atoms with Crippen molar-refractivity contribution in [2.45, 2.75) is 19.3 Å². The van der Waals surface area contributed by atoms with E-state index in [1.165, 1.54) is 0 Å².